The summed E-state index contributed by atoms with van der Waals surface area (Å²) in [6.45, 7) is 1.14. The maximum Gasteiger partial charge on any atom is 0.327 e. The van der Waals surface area contributed by atoms with E-state index in [1.807, 2.05) is 0 Å². The summed E-state index contributed by atoms with van der Waals surface area (Å²) in [5.41, 5.74) is -0.645. The second kappa shape index (κ2) is 5.63. The van der Waals surface area contributed by atoms with Gasteiger partial charge in [0, 0.05) is 12.1 Å². The normalized spacial score (nSPS) is 12.8. The summed E-state index contributed by atoms with van der Waals surface area (Å²) < 4.78 is 24.0. The topological polar surface area (TPSA) is 118 Å². The molecule has 1 aromatic carbocycles. The number of anilines is 1. The summed E-state index contributed by atoms with van der Waals surface area (Å²) in [7, 11) is -3.98. The third-order valence-corrected chi connectivity index (χ3v) is 3.99. The van der Waals surface area contributed by atoms with E-state index in [4.69, 9.17) is 16.7 Å². The molecule has 0 spiro atoms. The molecule has 1 atom stereocenters. The van der Waals surface area contributed by atoms with Gasteiger partial charge in [0.25, 0.3) is 5.69 Å². The number of nitrogens with zero attached hydrogens (tertiary/aromatic N) is 2. The first-order valence-corrected chi connectivity index (χ1v) is 7.44. The number of rotatable bonds is 5. The van der Waals surface area contributed by atoms with Crippen LogP contribution in [0.3, 0.4) is 0 Å². The molecule has 1 N–H and O–H groups in total. The van der Waals surface area contributed by atoms with Crippen molar-refractivity contribution >= 4 is 39.0 Å². The Hall–Kier alpha value is -1.87. The third kappa shape index (κ3) is 3.36. The van der Waals surface area contributed by atoms with E-state index in [1.165, 1.54) is 0 Å². The highest BCUT2D eigenvalue weighted by Gasteiger charge is 2.31. The summed E-state index contributed by atoms with van der Waals surface area (Å²) in [4.78, 5) is 21.0. The van der Waals surface area contributed by atoms with Crippen LogP contribution in [0.15, 0.2) is 18.2 Å². The number of carboxylic acids is 1. The summed E-state index contributed by atoms with van der Waals surface area (Å²) in [5, 5.41) is 19.6. The largest absolute Gasteiger partial charge is 0.480 e. The average Bonchev–Trinajstić information content (AvgIpc) is 2.29. The monoisotopic (exact) mass is 322 g/mol. The average molecular weight is 323 g/mol. The molecule has 0 fully saturated rings. The van der Waals surface area contributed by atoms with E-state index in [2.05, 4.69) is 0 Å². The number of nitro groups is 1. The van der Waals surface area contributed by atoms with Crippen molar-refractivity contribution in [3.63, 3.8) is 0 Å². The van der Waals surface area contributed by atoms with Crippen LogP contribution in [0.4, 0.5) is 11.4 Å². The van der Waals surface area contributed by atoms with Crippen molar-refractivity contribution in [3.05, 3.63) is 33.3 Å². The van der Waals surface area contributed by atoms with Gasteiger partial charge in [-0.05, 0) is 13.0 Å². The zero-order valence-electron chi connectivity index (χ0n) is 10.5. The molecule has 0 saturated carbocycles. The summed E-state index contributed by atoms with van der Waals surface area (Å²) in [6.07, 6.45) is 0.793. The number of sulfonamides is 1. The number of hydrogen-bond acceptors (Lipinski definition) is 5. The molecule has 0 aliphatic carbocycles. The summed E-state index contributed by atoms with van der Waals surface area (Å²) in [5.74, 6) is -1.40. The molecule has 0 aliphatic heterocycles. The summed E-state index contributed by atoms with van der Waals surface area (Å²) in [6, 6.07) is 1.70. The SMILES string of the molecule is CC(C(=O)O)N(c1cc([N+](=O)[O-])ccc1Cl)S(C)(=O)=O. The van der Waals surface area contributed by atoms with E-state index in [1.54, 1.807) is 0 Å². The zero-order chi connectivity index (χ0) is 15.7. The Morgan fingerprint density at radius 2 is 2.05 bits per heavy atom. The van der Waals surface area contributed by atoms with Crippen LogP contribution in [0.25, 0.3) is 0 Å². The highest BCUT2D eigenvalue weighted by Crippen LogP contribution is 2.32. The predicted octanol–water partition coefficient (Wildman–Crippen LogP) is 1.49. The van der Waals surface area contributed by atoms with Crippen LogP contribution < -0.4 is 4.31 Å². The quantitative estimate of drug-likeness (QED) is 0.648. The molecule has 1 unspecified atom stereocenters. The van der Waals surface area contributed by atoms with Gasteiger partial charge in [-0.2, -0.15) is 0 Å². The number of carbonyl (C=O) groups is 1. The van der Waals surface area contributed by atoms with Gasteiger partial charge in [0.15, 0.2) is 0 Å². The first-order valence-electron chi connectivity index (χ1n) is 5.22. The molecule has 8 nitrogen and oxygen atoms in total. The van der Waals surface area contributed by atoms with Gasteiger partial charge in [0.2, 0.25) is 10.0 Å². The lowest BCUT2D eigenvalue weighted by molar-refractivity contribution is -0.384. The number of nitro benzene ring substituents is 1. The van der Waals surface area contributed by atoms with Crippen LogP contribution >= 0.6 is 11.6 Å². The van der Waals surface area contributed by atoms with Gasteiger partial charge >= 0.3 is 5.97 Å². The van der Waals surface area contributed by atoms with E-state index in [-0.39, 0.29) is 10.7 Å². The molecule has 0 aromatic heterocycles. The smallest absolute Gasteiger partial charge is 0.327 e. The molecule has 110 valence electrons. The Morgan fingerprint density at radius 1 is 1.50 bits per heavy atom. The van der Waals surface area contributed by atoms with E-state index >= 15 is 0 Å². The van der Waals surface area contributed by atoms with Gasteiger partial charge < -0.3 is 5.11 Å². The van der Waals surface area contributed by atoms with Crippen LogP contribution in [-0.2, 0) is 14.8 Å². The van der Waals surface area contributed by atoms with E-state index in [0.717, 1.165) is 31.4 Å². The summed E-state index contributed by atoms with van der Waals surface area (Å²) >= 11 is 5.83. The molecular formula is C10H11ClN2O6S. The fourth-order valence-electron chi connectivity index (χ4n) is 1.56. The lowest BCUT2D eigenvalue weighted by Crippen LogP contribution is -2.43. The molecule has 0 radical (unpaired) electrons. The van der Waals surface area contributed by atoms with Gasteiger partial charge in [0.1, 0.15) is 6.04 Å². The van der Waals surface area contributed by atoms with Crippen molar-refractivity contribution < 1.29 is 23.2 Å². The number of benzene rings is 1. The Bertz CT molecular complexity index is 660. The lowest BCUT2D eigenvalue weighted by Gasteiger charge is -2.26. The molecule has 0 aliphatic rings. The van der Waals surface area contributed by atoms with Crippen LogP contribution in [0.2, 0.25) is 5.02 Å². The van der Waals surface area contributed by atoms with Crippen molar-refractivity contribution in [1.29, 1.82) is 0 Å². The van der Waals surface area contributed by atoms with Gasteiger partial charge in [0.05, 0.1) is 21.9 Å². The molecule has 10 heteroatoms. The molecular weight excluding hydrogens is 312 g/mol. The minimum absolute atomic E-state index is 0.103. The number of aliphatic carboxylic acids is 1. The van der Waals surface area contributed by atoms with Crippen LogP contribution in [0.1, 0.15) is 6.92 Å². The van der Waals surface area contributed by atoms with Gasteiger partial charge in [-0.15, -0.1) is 0 Å². The van der Waals surface area contributed by atoms with Crippen molar-refractivity contribution in [3.8, 4) is 0 Å². The Balaban J connectivity index is 3.53. The molecule has 1 aromatic rings. The van der Waals surface area contributed by atoms with Crippen LogP contribution in [-0.4, -0.2) is 36.7 Å². The maximum atomic E-state index is 11.7. The third-order valence-electron chi connectivity index (χ3n) is 2.44. The van der Waals surface area contributed by atoms with Crippen molar-refractivity contribution in [2.75, 3.05) is 10.6 Å². The fraction of sp³-hybridized carbons (Fsp3) is 0.300. The molecule has 20 heavy (non-hydrogen) atoms. The van der Waals surface area contributed by atoms with Gasteiger partial charge in [-0.25, -0.2) is 13.2 Å². The molecule has 0 heterocycles. The maximum absolute atomic E-state index is 11.7. The van der Waals surface area contributed by atoms with Gasteiger partial charge in [-0.3, -0.25) is 14.4 Å². The standard InChI is InChI=1S/C10H11ClN2O6S/c1-6(10(14)15)12(20(2,18)19)9-5-7(13(16)17)3-4-8(9)11/h3-6H,1-2H3,(H,14,15). The predicted molar refractivity (Wildman–Crippen MR) is 72.5 cm³/mol. The highest BCUT2D eigenvalue weighted by molar-refractivity contribution is 7.92. The molecule has 1 rings (SSSR count). The molecule has 0 amide bonds. The highest BCUT2D eigenvalue weighted by atomic mass is 35.5. The van der Waals surface area contributed by atoms with E-state index in [0.29, 0.717) is 4.31 Å². The second-order valence-corrected chi connectivity index (χ2v) is 6.23. The molecule has 0 saturated heterocycles. The van der Waals surface area contributed by atoms with Crippen LogP contribution in [0.5, 0.6) is 0 Å². The lowest BCUT2D eigenvalue weighted by atomic mass is 10.2. The first-order chi connectivity index (χ1) is 9.05. The molecule has 0 bridgehead atoms. The Morgan fingerprint density at radius 3 is 2.45 bits per heavy atom. The minimum Gasteiger partial charge on any atom is -0.480 e. The van der Waals surface area contributed by atoms with E-state index < -0.39 is 32.6 Å². The van der Waals surface area contributed by atoms with Crippen molar-refractivity contribution in [2.45, 2.75) is 13.0 Å². The number of non-ortho nitro benzene ring substituents is 1. The number of carboxylic acid groups (broad SMARTS) is 1. The number of hydrogen-bond donors (Lipinski definition) is 1. The van der Waals surface area contributed by atoms with Gasteiger partial charge in [-0.1, -0.05) is 11.6 Å². The second-order valence-electron chi connectivity index (χ2n) is 3.97. The van der Waals surface area contributed by atoms with Crippen molar-refractivity contribution in [1.82, 2.24) is 0 Å². The van der Waals surface area contributed by atoms with Crippen molar-refractivity contribution in [2.24, 2.45) is 0 Å². The first kappa shape index (κ1) is 16.2. The Labute approximate surface area is 119 Å². The zero-order valence-corrected chi connectivity index (χ0v) is 12.1. The van der Waals surface area contributed by atoms with E-state index in [9.17, 15) is 23.3 Å². The fourth-order valence-corrected chi connectivity index (χ4v) is 2.99. The number of halogens is 1. The Kier molecular flexibility index (Phi) is 4.56. The minimum atomic E-state index is -3.98. The van der Waals surface area contributed by atoms with Crippen LogP contribution in [0, 0.1) is 10.1 Å².